The average molecular weight is 292 g/mol. The molecule has 0 aromatic heterocycles. The fraction of sp³-hybridized carbons (Fsp3) is 0.462. The SMILES string of the molecule is Cc1c(F)c(F)c(Cl)c(F)c1C1=NC(C)(C)C(C)O1. The van der Waals surface area contributed by atoms with Gasteiger partial charge in [-0.05, 0) is 27.7 Å². The molecule has 0 saturated heterocycles. The van der Waals surface area contributed by atoms with E-state index in [9.17, 15) is 13.2 Å². The molecular formula is C13H13ClF3NO. The van der Waals surface area contributed by atoms with Crippen LogP contribution in [0, 0.1) is 24.4 Å². The van der Waals surface area contributed by atoms with Gasteiger partial charge in [0, 0.05) is 5.56 Å². The Kier molecular flexibility index (Phi) is 3.29. The Morgan fingerprint density at radius 2 is 1.74 bits per heavy atom. The van der Waals surface area contributed by atoms with E-state index in [2.05, 4.69) is 4.99 Å². The zero-order valence-electron chi connectivity index (χ0n) is 10.9. The van der Waals surface area contributed by atoms with Crippen LogP contribution in [0.25, 0.3) is 0 Å². The first-order valence-corrected chi connectivity index (χ1v) is 6.14. The van der Waals surface area contributed by atoms with Crippen molar-refractivity contribution in [2.24, 2.45) is 4.99 Å². The Morgan fingerprint density at radius 1 is 1.16 bits per heavy atom. The van der Waals surface area contributed by atoms with E-state index in [0.29, 0.717) is 0 Å². The van der Waals surface area contributed by atoms with E-state index in [1.807, 2.05) is 0 Å². The summed E-state index contributed by atoms with van der Waals surface area (Å²) in [4.78, 5) is 4.21. The second-order valence-electron chi connectivity index (χ2n) is 5.09. The predicted octanol–water partition coefficient (Wildman–Crippen LogP) is 4.01. The minimum absolute atomic E-state index is 0.0479. The number of halogens is 4. The molecule has 1 aromatic rings. The lowest BCUT2D eigenvalue weighted by molar-refractivity contribution is 0.174. The molecule has 2 rings (SSSR count). The summed E-state index contributed by atoms with van der Waals surface area (Å²) in [6, 6.07) is 0. The van der Waals surface area contributed by atoms with E-state index in [1.54, 1.807) is 20.8 Å². The summed E-state index contributed by atoms with van der Waals surface area (Å²) in [6.07, 6.45) is -0.298. The van der Waals surface area contributed by atoms with Crippen molar-refractivity contribution >= 4 is 17.5 Å². The van der Waals surface area contributed by atoms with Gasteiger partial charge in [-0.3, -0.25) is 0 Å². The quantitative estimate of drug-likeness (QED) is 0.566. The molecule has 6 heteroatoms. The maximum Gasteiger partial charge on any atom is 0.220 e. The second kappa shape index (κ2) is 4.40. The Bertz CT molecular complexity index is 555. The summed E-state index contributed by atoms with van der Waals surface area (Å²) in [6.45, 7) is 6.64. The third kappa shape index (κ3) is 2.10. The Hall–Kier alpha value is -1.23. The van der Waals surface area contributed by atoms with E-state index in [-0.39, 0.29) is 23.1 Å². The van der Waals surface area contributed by atoms with Crippen molar-refractivity contribution in [2.45, 2.75) is 39.3 Å². The van der Waals surface area contributed by atoms with Gasteiger partial charge < -0.3 is 4.74 Å². The van der Waals surface area contributed by atoms with Gasteiger partial charge in [-0.1, -0.05) is 11.6 Å². The van der Waals surface area contributed by atoms with Crippen LogP contribution in [0.2, 0.25) is 5.02 Å². The van der Waals surface area contributed by atoms with Gasteiger partial charge in [0.05, 0.1) is 11.1 Å². The van der Waals surface area contributed by atoms with Gasteiger partial charge in [0.25, 0.3) is 0 Å². The van der Waals surface area contributed by atoms with Crippen molar-refractivity contribution in [3.8, 4) is 0 Å². The summed E-state index contributed by atoms with van der Waals surface area (Å²) in [5.74, 6) is -3.69. The monoisotopic (exact) mass is 291 g/mol. The lowest BCUT2D eigenvalue weighted by atomic mass is 10.0. The first-order chi connectivity index (χ1) is 8.66. The van der Waals surface area contributed by atoms with Crippen LogP contribution < -0.4 is 0 Å². The lowest BCUT2D eigenvalue weighted by Crippen LogP contribution is -2.28. The van der Waals surface area contributed by atoms with Gasteiger partial charge in [-0.25, -0.2) is 18.2 Å². The standard InChI is InChI=1S/C13H13ClF3NO/c1-5-7(10(16)8(14)11(17)9(5)15)12-18-13(3,4)6(2)19-12/h6H,1-4H3. The highest BCUT2D eigenvalue weighted by Crippen LogP contribution is 2.33. The molecule has 1 aliphatic heterocycles. The van der Waals surface area contributed by atoms with Crippen LogP contribution in [0.5, 0.6) is 0 Å². The molecule has 1 aromatic carbocycles. The van der Waals surface area contributed by atoms with Gasteiger partial charge in [-0.15, -0.1) is 0 Å². The number of ether oxygens (including phenoxy) is 1. The molecule has 19 heavy (non-hydrogen) atoms. The predicted molar refractivity (Wildman–Crippen MR) is 67.2 cm³/mol. The summed E-state index contributed by atoms with van der Waals surface area (Å²) in [7, 11) is 0. The van der Waals surface area contributed by atoms with E-state index >= 15 is 0 Å². The van der Waals surface area contributed by atoms with Crippen LogP contribution >= 0.6 is 11.6 Å². The Labute approximate surface area is 114 Å². The molecule has 0 bridgehead atoms. The summed E-state index contributed by atoms with van der Waals surface area (Å²) >= 11 is 5.45. The van der Waals surface area contributed by atoms with Crippen LogP contribution in [0.3, 0.4) is 0 Å². The number of nitrogens with zero attached hydrogens (tertiary/aromatic N) is 1. The fourth-order valence-electron chi connectivity index (χ4n) is 1.80. The largest absolute Gasteiger partial charge is 0.472 e. The molecule has 0 N–H and O–H groups in total. The zero-order valence-corrected chi connectivity index (χ0v) is 11.7. The molecule has 0 fully saturated rings. The highest BCUT2D eigenvalue weighted by atomic mass is 35.5. The lowest BCUT2D eigenvalue weighted by Gasteiger charge is -2.18. The number of rotatable bonds is 1. The molecule has 1 aliphatic rings. The molecule has 0 radical (unpaired) electrons. The maximum absolute atomic E-state index is 14.0. The number of aliphatic imine (C=N–C) groups is 1. The van der Waals surface area contributed by atoms with E-state index < -0.39 is 28.0 Å². The molecule has 1 heterocycles. The van der Waals surface area contributed by atoms with Crippen LogP contribution in [0.15, 0.2) is 4.99 Å². The molecule has 104 valence electrons. The second-order valence-corrected chi connectivity index (χ2v) is 5.46. The van der Waals surface area contributed by atoms with Crippen LogP contribution in [-0.2, 0) is 4.74 Å². The van der Waals surface area contributed by atoms with Crippen molar-refractivity contribution < 1.29 is 17.9 Å². The van der Waals surface area contributed by atoms with Crippen molar-refractivity contribution in [1.82, 2.24) is 0 Å². The third-order valence-corrected chi connectivity index (χ3v) is 3.72. The first kappa shape index (κ1) is 14.2. The smallest absolute Gasteiger partial charge is 0.220 e. The normalized spacial score (nSPS) is 21.3. The van der Waals surface area contributed by atoms with Crippen LogP contribution in [0.4, 0.5) is 13.2 Å². The fourth-order valence-corrected chi connectivity index (χ4v) is 1.98. The summed E-state index contributed by atoms with van der Waals surface area (Å²) in [5, 5.41) is -0.887. The minimum Gasteiger partial charge on any atom is -0.472 e. The molecule has 1 atom stereocenters. The van der Waals surface area contributed by atoms with E-state index in [1.165, 1.54) is 6.92 Å². The molecule has 2 nitrogen and oxygen atoms in total. The van der Waals surface area contributed by atoms with Crippen molar-refractivity contribution in [3.05, 3.63) is 33.6 Å². The molecule has 1 unspecified atom stereocenters. The van der Waals surface area contributed by atoms with Gasteiger partial charge in [0.15, 0.2) is 17.5 Å². The highest BCUT2D eigenvalue weighted by Gasteiger charge is 2.37. The number of hydrogen-bond acceptors (Lipinski definition) is 2. The maximum atomic E-state index is 14.0. The van der Waals surface area contributed by atoms with E-state index in [0.717, 1.165) is 0 Å². The molecule has 0 aliphatic carbocycles. The average Bonchev–Trinajstić information content (AvgIpc) is 2.59. The van der Waals surface area contributed by atoms with Gasteiger partial charge in [0.1, 0.15) is 11.1 Å². The van der Waals surface area contributed by atoms with Crippen molar-refractivity contribution in [2.75, 3.05) is 0 Å². The molecule has 0 amide bonds. The minimum atomic E-state index is -1.40. The van der Waals surface area contributed by atoms with E-state index in [4.69, 9.17) is 16.3 Å². The summed E-state index contributed by atoms with van der Waals surface area (Å²) in [5.41, 5.74) is -0.990. The van der Waals surface area contributed by atoms with Gasteiger partial charge >= 0.3 is 0 Å². The first-order valence-electron chi connectivity index (χ1n) is 5.76. The molecular weight excluding hydrogens is 279 g/mol. The van der Waals surface area contributed by atoms with Gasteiger partial charge in [-0.2, -0.15) is 0 Å². The molecule has 0 saturated carbocycles. The highest BCUT2D eigenvalue weighted by molar-refractivity contribution is 6.31. The Balaban J connectivity index is 2.66. The van der Waals surface area contributed by atoms with Crippen molar-refractivity contribution in [3.63, 3.8) is 0 Å². The third-order valence-electron chi connectivity index (χ3n) is 3.39. The number of hydrogen-bond donors (Lipinski definition) is 0. The number of benzene rings is 1. The van der Waals surface area contributed by atoms with Crippen LogP contribution in [-0.4, -0.2) is 17.5 Å². The molecule has 0 spiro atoms. The zero-order chi connectivity index (χ0) is 14.5. The Morgan fingerprint density at radius 3 is 2.21 bits per heavy atom. The van der Waals surface area contributed by atoms with Crippen molar-refractivity contribution in [1.29, 1.82) is 0 Å². The van der Waals surface area contributed by atoms with Gasteiger partial charge in [0.2, 0.25) is 5.90 Å². The topological polar surface area (TPSA) is 21.6 Å². The summed E-state index contributed by atoms with van der Waals surface area (Å²) < 4.78 is 46.4. The van der Waals surface area contributed by atoms with Crippen LogP contribution in [0.1, 0.15) is 31.9 Å².